The Labute approximate surface area is 135 Å². The van der Waals surface area contributed by atoms with Crippen LogP contribution in [0, 0.1) is 11.7 Å². The van der Waals surface area contributed by atoms with Crippen molar-refractivity contribution in [3.05, 3.63) is 29.7 Å². The normalized spacial score (nSPS) is 21.5. The fraction of sp³-hybridized carbons (Fsp3) is 0.556. The maximum atomic E-state index is 14.4. The third kappa shape index (κ3) is 3.23. The molecule has 4 nitrogen and oxygen atoms in total. The molecular weight excluding hydrogens is 295 g/mol. The molecule has 0 amide bonds. The van der Waals surface area contributed by atoms with E-state index in [1.54, 1.807) is 23.0 Å². The summed E-state index contributed by atoms with van der Waals surface area (Å²) in [5.41, 5.74) is 1.76. The Hall–Kier alpha value is -1.91. The third-order valence-electron chi connectivity index (χ3n) is 4.94. The van der Waals surface area contributed by atoms with Crippen LogP contribution < -0.4 is 0 Å². The first-order chi connectivity index (χ1) is 11.1. The van der Waals surface area contributed by atoms with Gasteiger partial charge in [-0.2, -0.15) is 5.10 Å². The summed E-state index contributed by atoms with van der Waals surface area (Å²) in [5, 5.41) is 5.17. The number of halogens is 1. The van der Waals surface area contributed by atoms with E-state index < -0.39 is 0 Å². The van der Waals surface area contributed by atoms with Gasteiger partial charge in [-0.05, 0) is 56.6 Å². The van der Waals surface area contributed by atoms with E-state index in [0.717, 1.165) is 42.1 Å². The maximum Gasteiger partial charge on any atom is 0.306 e. The molecule has 1 saturated carbocycles. The van der Waals surface area contributed by atoms with Crippen molar-refractivity contribution in [3.63, 3.8) is 0 Å². The minimum atomic E-state index is -0.139. The van der Waals surface area contributed by atoms with Crippen LogP contribution in [0.15, 0.2) is 18.3 Å². The number of benzene rings is 1. The summed E-state index contributed by atoms with van der Waals surface area (Å²) < 4.78 is 21.2. The first-order valence-electron chi connectivity index (χ1n) is 8.35. The molecule has 0 aliphatic heterocycles. The number of ether oxygens (including phenoxy) is 1. The molecule has 1 aliphatic carbocycles. The standard InChI is InChI=1S/C18H23FN2O2/c1-3-23-17(22)10-12-4-6-13(7-5-12)18-14-11-20-21(2)16(14)9-8-15(18)19/h8-9,11-13H,3-7,10H2,1-2H3. The second kappa shape index (κ2) is 6.69. The number of aryl methyl sites for hydroxylation is 1. The van der Waals surface area contributed by atoms with E-state index in [9.17, 15) is 9.18 Å². The lowest BCUT2D eigenvalue weighted by Gasteiger charge is -2.28. The van der Waals surface area contributed by atoms with Crippen molar-refractivity contribution in [2.75, 3.05) is 6.61 Å². The van der Waals surface area contributed by atoms with Gasteiger partial charge in [0.25, 0.3) is 0 Å². The minimum absolute atomic E-state index is 0.114. The highest BCUT2D eigenvalue weighted by Crippen LogP contribution is 2.40. The molecule has 5 heteroatoms. The van der Waals surface area contributed by atoms with Gasteiger partial charge < -0.3 is 4.74 Å². The summed E-state index contributed by atoms with van der Waals surface area (Å²) in [6.45, 7) is 2.26. The summed E-state index contributed by atoms with van der Waals surface area (Å²) in [6.07, 6.45) is 5.96. The van der Waals surface area contributed by atoms with Crippen LogP contribution in [0.5, 0.6) is 0 Å². The minimum Gasteiger partial charge on any atom is -0.466 e. The molecule has 1 aliphatic rings. The zero-order valence-electron chi connectivity index (χ0n) is 13.7. The van der Waals surface area contributed by atoms with E-state index in [2.05, 4.69) is 5.10 Å². The molecule has 0 spiro atoms. The highest BCUT2D eigenvalue weighted by Gasteiger charge is 2.27. The van der Waals surface area contributed by atoms with Gasteiger partial charge in [0.2, 0.25) is 0 Å². The average Bonchev–Trinajstić information content (AvgIpc) is 2.90. The summed E-state index contributed by atoms with van der Waals surface area (Å²) >= 11 is 0. The quantitative estimate of drug-likeness (QED) is 0.802. The fourth-order valence-corrected chi connectivity index (χ4v) is 3.75. The molecule has 0 unspecified atom stereocenters. The van der Waals surface area contributed by atoms with Crippen molar-refractivity contribution in [2.45, 2.75) is 44.9 Å². The molecule has 0 atom stereocenters. The molecule has 0 saturated heterocycles. The monoisotopic (exact) mass is 318 g/mol. The predicted octanol–water partition coefficient (Wildman–Crippen LogP) is 3.94. The Morgan fingerprint density at radius 1 is 1.35 bits per heavy atom. The van der Waals surface area contributed by atoms with Gasteiger partial charge in [-0.3, -0.25) is 9.48 Å². The van der Waals surface area contributed by atoms with E-state index in [1.807, 2.05) is 14.0 Å². The van der Waals surface area contributed by atoms with Crippen molar-refractivity contribution in [3.8, 4) is 0 Å². The summed E-state index contributed by atoms with van der Waals surface area (Å²) in [4.78, 5) is 11.6. The highest BCUT2D eigenvalue weighted by molar-refractivity contribution is 5.83. The molecule has 1 fully saturated rings. The topological polar surface area (TPSA) is 44.1 Å². The van der Waals surface area contributed by atoms with Gasteiger partial charge in [-0.15, -0.1) is 0 Å². The van der Waals surface area contributed by atoms with Gasteiger partial charge in [-0.1, -0.05) is 0 Å². The van der Waals surface area contributed by atoms with Crippen molar-refractivity contribution in [1.29, 1.82) is 0 Å². The molecule has 124 valence electrons. The number of carbonyl (C=O) groups excluding carboxylic acids is 1. The summed E-state index contributed by atoms with van der Waals surface area (Å²) in [7, 11) is 1.88. The Bertz CT molecular complexity index is 702. The van der Waals surface area contributed by atoms with Crippen molar-refractivity contribution in [2.24, 2.45) is 13.0 Å². The highest BCUT2D eigenvalue weighted by atomic mass is 19.1. The van der Waals surface area contributed by atoms with E-state index in [1.165, 1.54) is 0 Å². The number of esters is 1. The molecule has 1 aromatic heterocycles. The number of nitrogens with zero attached hydrogens (tertiary/aromatic N) is 2. The number of aromatic nitrogens is 2. The van der Waals surface area contributed by atoms with Crippen LogP contribution in [0.25, 0.3) is 10.9 Å². The number of fused-ring (bicyclic) bond motifs is 1. The van der Waals surface area contributed by atoms with Crippen molar-refractivity contribution >= 4 is 16.9 Å². The molecule has 0 N–H and O–H groups in total. The first-order valence-corrected chi connectivity index (χ1v) is 8.35. The van der Waals surface area contributed by atoms with E-state index >= 15 is 0 Å². The SMILES string of the molecule is CCOC(=O)CC1CCC(c2c(F)ccc3c2cnn3C)CC1. The molecule has 3 rings (SSSR count). The number of hydrogen-bond acceptors (Lipinski definition) is 3. The largest absolute Gasteiger partial charge is 0.466 e. The molecule has 1 heterocycles. The van der Waals surface area contributed by atoms with Gasteiger partial charge in [0, 0.05) is 24.4 Å². The zero-order valence-corrected chi connectivity index (χ0v) is 13.7. The first kappa shape index (κ1) is 16.0. The predicted molar refractivity (Wildman–Crippen MR) is 86.6 cm³/mol. The number of hydrogen-bond donors (Lipinski definition) is 0. The van der Waals surface area contributed by atoms with Gasteiger partial charge in [0.05, 0.1) is 18.3 Å². The van der Waals surface area contributed by atoms with E-state index in [-0.39, 0.29) is 17.7 Å². The summed E-state index contributed by atoms with van der Waals surface area (Å²) in [6, 6.07) is 3.33. The van der Waals surface area contributed by atoms with Crippen LogP contribution >= 0.6 is 0 Å². The van der Waals surface area contributed by atoms with Crippen molar-refractivity contribution < 1.29 is 13.9 Å². The Balaban J connectivity index is 1.73. The van der Waals surface area contributed by atoms with Crippen LogP contribution in [-0.2, 0) is 16.6 Å². The van der Waals surface area contributed by atoms with Crippen LogP contribution in [-0.4, -0.2) is 22.4 Å². The molecule has 0 radical (unpaired) electrons. The number of rotatable bonds is 4. The molecule has 0 bridgehead atoms. The average molecular weight is 318 g/mol. The number of carbonyl (C=O) groups is 1. The fourth-order valence-electron chi connectivity index (χ4n) is 3.75. The van der Waals surface area contributed by atoms with Crippen LogP contribution in [0.3, 0.4) is 0 Å². The Kier molecular flexibility index (Phi) is 4.64. The smallest absolute Gasteiger partial charge is 0.306 e. The Morgan fingerprint density at radius 3 is 2.78 bits per heavy atom. The van der Waals surface area contributed by atoms with Crippen LogP contribution in [0.2, 0.25) is 0 Å². The lowest BCUT2D eigenvalue weighted by atomic mass is 9.76. The van der Waals surface area contributed by atoms with Gasteiger partial charge in [-0.25, -0.2) is 4.39 Å². The molecule has 23 heavy (non-hydrogen) atoms. The Morgan fingerprint density at radius 2 is 2.09 bits per heavy atom. The molecule has 2 aromatic rings. The van der Waals surface area contributed by atoms with E-state index in [0.29, 0.717) is 18.9 Å². The molecular formula is C18H23FN2O2. The van der Waals surface area contributed by atoms with Gasteiger partial charge in [0.1, 0.15) is 5.82 Å². The zero-order chi connectivity index (χ0) is 16.4. The van der Waals surface area contributed by atoms with Crippen LogP contribution in [0.4, 0.5) is 4.39 Å². The van der Waals surface area contributed by atoms with Crippen LogP contribution in [0.1, 0.15) is 50.5 Å². The lowest BCUT2D eigenvalue weighted by Crippen LogP contribution is -2.18. The summed E-state index contributed by atoms with van der Waals surface area (Å²) in [5.74, 6) is 0.318. The second-order valence-electron chi connectivity index (χ2n) is 6.39. The maximum absolute atomic E-state index is 14.4. The van der Waals surface area contributed by atoms with Crippen molar-refractivity contribution in [1.82, 2.24) is 9.78 Å². The molecule has 1 aromatic carbocycles. The van der Waals surface area contributed by atoms with Gasteiger partial charge >= 0.3 is 5.97 Å². The van der Waals surface area contributed by atoms with E-state index in [4.69, 9.17) is 4.74 Å². The second-order valence-corrected chi connectivity index (χ2v) is 6.39. The van der Waals surface area contributed by atoms with Gasteiger partial charge in [0.15, 0.2) is 0 Å². The third-order valence-corrected chi connectivity index (χ3v) is 4.94. The lowest BCUT2D eigenvalue weighted by molar-refractivity contribution is -0.144.